The fourth-order valence-electron chi connectivity index (χ4n) is 6.86. The lowest BCUT2D eigenvalue weighted by Crippen LogP contribution is -2.61. The molecule has 0 saturated heterocycles. The number of nitrogens with zero attached hydrogens (tertiary/aromatic N) is 3. The number of hydrogen-bond acceptors (Lipinski definition) is 5. The zero-order chi connectivity index (χ0) is 23.1. The summed E-state index contributed by atoms with van der Waals surface area (Å²) in [6.45, 7) is 0.519. The number of rotatable bonds is 7. The Balaban J connectivity index is 1.21. The van der Waals surface area contributed by atoms with Crippen molar-refractivity contribution in [1.29, 1.82) is 0 Å². The largest absolute Gasteiger partial charge is 0.411 e. The average Bonchev–Trinajstić information content (AvgIpc) is 3.31. The first-order chi connectivity index (χ1) is 16.6. The smallest absolute Gasteiger partial charge is 0.277 e. The van der Waals surface area contributed by atoms with E-state index in [4.69, 9.17) is 4.42 Å². The molecule has 4 fully saturated rings. The molecule has 0 unspecified atom stereocenters. The van der Waals surface area contributed by atoms with Crippen molar-refractivity contribution in [2.45, 2.75) is 55.8 Å². The van der Waals surface area contributed by atoms with E-state index >= 15 is 0 Å². The third-order valence-corrected chi connectivity index (χ3v) is 8.68. The second-order valence-corrected chi connectivity index (χ2v) is 11.2. The molecule has 0 atom stereocenters. The van der Waals surface area contributed by atoms with Gasteiger partial charge in [0.25, 0.3) is 5.22 Å². The second kappa shape index (κ2) is 8.84. The molecule has 2 aromatic carbocycles. The Labute approximate surface area is 203 Å². The molecule has 7 heteroatoms. The van der Waals surface area contributed by atoms with Gasteiger partial charge >= 0.3 is 0 Å². The molecule has 4 saturated carbocycles. The van der Waals surface area contributed by atoms with E-state index in [1.807, 2.05) is 30.3 Å². The highest BCUT2D eigenvalue weighted by molar-refractivity contribution is 7.99. The lowest BCUT2D eigenvalue weighted by Gasteiger charge is -2.60. The van der Waals surface area contributed by atoms with Gasteiger partial charge in [0.05, 0.1) is 5.75 Å². The van der Waals surface area contributed by atoms with Gasteiger partial charge < -0.3 is 9.32 Å². The van der Waals surface area contributed by atoms with Crippen molar-refractivity contribution in [1.82, 2.24) is 15.1 Å². The number of amides is 1. The number of aromatic nitrogens is 2. The van der Waals surface area contributed by atoms with Gasteiger partial charge in [-0.2, -0.15) is 0 Å². The van der Waals surface area contributed by atoms with Gasteiger partial charge in [0.1, 0.15) is 5.82 Å². The molecule has 3 aromatic rings. The predicted molar refractivity (Wildman–Crippen MR) is 128 cm³/mol. The van der Waals surface area contributed by atoms with Gasteiger partial charge in [-0.3, -0.25) is 4.79 Å². The van der Waals surface area contributed by atoms with Crippen LogP contribution in [-0.2, 0) is 11.3 Å². The molecule has 4 aliphatic carbocycles. The monoisotopic (exact) mass is 477 g/mol. The summed E-state index contributed by atoms with van der Waals surface area (Å²) in [5.74, 6) is 2.73. The zero-order valence-electron chi connectivity index (χ0n) is 19.0. The van der Waals surface area contributed by atoms with Crippen LogP contribution in [0.4, 0.5) is 4.39 Å². The van der Waals surface area contributed by atoms with E-state index in [-0.39, 0.29) is 23.0 Å². The molecule has 34 heavy (non-hydrogen) atoms. The molecule has 0 radical (unpaired) electrons. The van der Waals surface area contributed by atoms with Crippen LogP contribution >= 0.6 is 11.8 Å². The van der Waals surface area contributed by atoms with Gasteiger partial charge in [0.15, 0.2) is 0 Å². The number of carbonyl (C=O) groups is 1. The van der Waals surface area contributed by atoms with Crippen LogP contribution in [0.3, 0.4) is 0 Å². The molecule has 4 aliphatic rings. The van der Waals surface area contributed by atoms with Gasteiger partial charge in [-0.25, -0.2) is 4.39 Å². The summed E-state index contributed by atoms with van der Waals surface area (Å²) in [5, 5.41) is 8.69. The van der Waals surface area contributed by atoms with Crippen LogP contribution in [0.25, 0.3) is 11.5 Å². The molecular weight excluding hydrogens is 449 g/mol. The standard InChI is InChI=1S/C27H28FN3O2S/c28-23-8-6-18(7-9-23)16-31(27-13-19-10-20(14-27)12-21(11-19)15-27)24(32)17-34-26-30-29-25(33-26)22-4-2-1-3-5-22/h1-9,19-21H,10-17H2. The first kappa shape index (κ1) is 21.8. The molecule has 4 bridgehead atoms. The Kier molecular flexibility index (Phi) is 5.68. The highest BCUT2D eigenvalue weighted by Gasteiger charge is 2.54. The number of carbonyl (C=O) groups excluding carboxylic acids is 1. The maximum atomic E-state index is 13.7. The van der Waals surface area contributed by atoms with E-state index in [0.717, 1.165) is 48.1 Å². The summed E-state index contributed by atoms with van der Waals surface area (Å²) >= 11 is 1.30. The molecule has 0 spiro atoms. The van der Waals surface area contributed by atoms with Crippen molar-refractivity contribution in [3.8, 4) is 11.5 Å². The van der Waals surface area contributed by atoms with E-state index in [1.54, 1.807) is 12.1 Å². The minimum Gasteiger partial charge on any atom is -0.411 e. The molecule has 1 amide bonds. The zero-order valence-corrected chi connectivity index (χ0v) is 19.8. The van der Waals surface area contributed by atoms with Gasteiger partial charge in [-0.05, 0) is 86.1 Å². The lowest BCUT2D eigenvalue weighted by molar-refractivity contribution is -0.149. The first-order valence-corrected chi connectivity index (χ1v) is 13.1. The molecule has 1 aromatic heterocycles. The van der Waals surface area contributed by atoms with Crippen molar-refractivity contribution >= 4 is 17.7 Å². The van der Waals surface area contributed by atoms with Crippen LogP contribution in [0.15, 0.2) is 64.2 Å². The maximum Gasteiger partial charge on any atom is 0.277 e. The van der Waals surface area contributed by atoms with E-state index in [1.165, 1.54) is 43.2 Å². The topological polar surface area (TPSA) is 59.2 Å². The third-order valence-electron chi connectivity index (χ3n) is 7.88. The highest BCUT2D eigenvalue weighted by atomic mass is 32.2. The summed E-state index contributed by atoms with van der Waals surface area (Å²) in [7, 11) is 0. The Morgan fingerprint density at radius 1 is 0.971 bits per heavy atom. The summed E-state index contributed by atoms with van der Waals surface area (Å²) in [6.07, 6.45) is 7.23. The number of halogens is 1. The van der Waals surface area contributed by atoms with Crippen LogP contribution in [0, 0.1) is 23.6 Å². The molecule has 5 nitrogen and oxygen atoms in total. The third kappa shape index (κ3) is 4.26. The number of thioether (sulfide) groups is 1. The van der Waals surface area contributed by atoms with Gasteiger partial charge in [0, 0.05) is 17.6 Å². The van der Waals surface area contributed by atoms with Crippen molar-refractivity contribution < 1.29 is 13.6 Å². The fourth-order valence-corrected chi connectivity index (χ4v) is 7.49. The number of benzene rings is 2. The predicted octanol–water partition coefficient (Wildman–Crippen LogP) is 5.97. The normalized spacial score (nSPS) is 27.1. The Hall–Kier alpha value is -2.67. The Morgan fingerprint density at radius 2 is 1.62 bits per heavy atom. The quantitative estimate of drug-likeness (QED) is 0.393. The van der Waals surface area contributed by atoms with E-state index < -0.39 is 0 Å². The Bertz CT molecular complexity index is 1130. The SMILES string of the molecule is O=C(CSc1nnc(-c2ccccc2)o1)N(Cc1ccc(F)cc1)C12CC3CC(CC(C3)C1)C2. The van der Waals surface area contributed by atoms with E-state index in [0.29, 0.717) is 17.7 Å². The summed E-state index contributed by atoms with van der Waals surface area (Å²) in [6, 6.07) is 16.2. The van der Waals surface area contributed by atoms with Crippen molar-refractivity contribution in [2.75, 3.05) is 5.75 Å². The van der Waals surface area contributed by atoms with Gasteiger partial charge in [-0.1, -0.05) is 42.1 Å². The molecule has 176 valence electrons. The number of hydrogen-bond donors (Lipinski definition) is 0. The molecule has 0 aliphatic heterocycles. The first-order valence-electron chi connectivity index (χ1n) is 12.1. The van der Waals surface area contributed by atoms with Crippen molar-refractivity contribution in [2.24, 2.45) is 17.8 Å². The van der Waals surface area contributed by atoms with Crippen LogP contribution in [0.2, 0.25) is 0 Å². The van der Waals surface area contributed by atoms with Crippen LogP contribution in [0.1, 0.15) is 44.1 Å². The van der Waals surface area contributed by atoms with Gasteiger partial charge in [-0.15, -0.1) is 10.2 Å². The Morgan fingerprint density at radius 3 is 2.26 bits per heavy atom. The van der Waals surface area contributed by atoms with Crippen molar-refractivity contribution in [3.63, 3.8) is 0 Å². The van der Waals surface area contributed by atoms with E-state index in [2.05, 4.69) is 15.1 Å². The molecular formula is C27H28FN3O2S. The van der Waals surface area contributed by atoms with Crippen LogP contribution in [0.5, 0.6) is 0 Å². The van der Waals surface area contributed by atoms with Gasteiger partial charge in [0.2, 0.25) is 11.8 Å². The summed E-state index contributed by atoms with van der Waals surface area (Å²) < 4.78 is 19.3. The molecule has 1 heterocycles. The minimum absolute atomic E-state index is 0.0786. The van der Waals surface area contributed by atoms with E-state index in [9.17, 15) is 9.18 Å². The summed E-state index contributed by atoms with van der Waals surface area (Å²) in [5.41, 5.74) is 1.75. The minimum atomic E-state index is -0.252. The molecule has 7 rings (SSSR count). The molecule has 0 N–H and O–H groups in total. The van der Waals surface area contributed by atoms with Crippen LogP contribution < -0.4 is 0 Å². The fraction of sp³-hybridized carbons (Fsp3) is 0.444. The lowest BCUT2D eigenvalue weighted by atomic mass is 9.52. The van der Waals surface area contributed by atoms with Crippen LogP contribution in [-0.4, -0.2) is 32.3 Å². The maximum absolute atomic E-state index is 13.7. The second-order valence-electron chi connectivity index (χ2n) is 10.3. The average molecular weight is 478 g/mol. The van der Waals surface area contributed by atoms with Crippen molar-refractivity contribution in [3.05, 3.63) is 66.0 Å². The highest BCUT2D eigenvalue weighted by Crippen LogP contribution is 2.58. The summed E-state index contributed by atoms with van der Waals surface area (Å²) in [4.78, 5) is 15.8.